The maximum Gasteiger partial charge on any atom is 0.276 e. The Hall–Kier alpha value is -3.04. The first-order chi connectivity index (χ1) is 12.4. The lowest BCUT2D eigenvalue weighted by Gasteiger charge is -2.19. The number of alkyl halides is 2. The zero-order valence-electron chi connectivity index (χ0n) is 13.7. The minimum atomic E-state index is -2.63. The van der Waals surface area contributed by atoms with Gasteiger partial charge in [-0.2, -0.15) is 5.10 Å². The number of likely N-dealkylation sites (tertiary alicyclic amines) is 1. The van der Waals surface area contributed by atoms with E-state index in [1.807, 2.05) is 0 Å². The Bertz CT molecular complexity index is 1100. The second-order valence-electron chi connectivity index (χ2n) is 6.77. The summed E-state index contributed by atoms with van der Waals surface area (Å²) < 4.78 is 29.4. The molecule has 2 aliphatic rings. The first-order valence-corrected chi connectivity index (χ1v) is 8.17. The number of carbonyl (C=O) groups excluding carboxylic acids is 1. The van der Waals surface area contributed by atoms with Crippen LogP contribution in [0.25, 0.3) is 11.5 Å². The number of nitrogens with one attached hydrogen (secondary N) is 1. The van der Waals surface area contributed by atoms with Gasteiger partial charge in [0.2, 0.25) is 5.95 Å². The van der Waals surface area contributed by atoms with Gasteiger partial charge in [0.25, 0.3) is 17.4 Å². The van der Waals surface area contributed by atoms with Crippen LogP contribution in [0.3, 0.4) is 0 Å². The quantitative estimate of drug-likeness (QED) is 0.734. The first kappa shape index (κ1) is 15.2. The lowest BCUT2D eigenvalue weighted by Crippen LogP contribution is -2.33. The molecule has 1 amide bonds. The van der Waals surface area contributed by atoms with Crippen LogP contribution in [0.1, 0.15) is 16.1 Å². The highest BCUT2D eigenvalue weighted by atomic mass is 19.3. The van der Waals surface area contributed by atoms with E-state index in [0.29, 0.717) is 16.8 Å². The van der Waals surface area contributed by atoms with Gasteiger partial charge in [-0.1, -0.05) is 0 Å². The van der Waals surface area contributed by atoms with Crippen molar-refractivity contribution in [3.8, 4) is 5.95 Å². The average molecular weight is 360 g/mol. The highest BCUT2D eigenvalue weighted by Crippen LogP contribution is 2.59. The van der Waals surface area contributed by atoms with Crippen LogP contribution in [0, 0.1) is 18.8 Å². The third-order valence-corrected chi connectivity index (χ3v) is 5.32. The van der Waals surface area contributed by atoms with E-state index in [0.717, 1.165) is 0 Å². The van der Waals surface area contributed by atoms with Gasteiger partial charge in [0, 0.05) is 19.3 Å². The van der Waals surface area contributed by atoms with E-state index in [-0.39, 0.29) is 30.5 Å². The number of nitrogens with zero attached hydrogens (tertiary/aromatic N) is 5. The Kier molecular flexibility index (Phi) is 2.80. The Morgan fingerprint density at radius 3 is 2.81 bits per heavy atom. The molecule has 2 fully saturated rings. The van der Waals surface area contributed by atoms with Crippen molar-refractivity contribution >= 4 is 11.4 Å². The molecule has 8 nitrogen and oxygen atoms in total. The Labute approximate surface area is 145 Å². The molecule has 134 valence electrons. The van der Waals surface area contributed by atoms with Crippen molar-refractivity contribution in [2.75, 3.05) is 13.1 Å². The number of hydrogen-bond acceptors (Lipinski definition) is 4. The van der Waals surface area contributed by atoms with Crippen molar-refractivity contribution < 1.29 is 13.6 Å². The maximum absolute atomic E-state index is 13.3. The molecule has 5 rings (SSSR count). The van der Waals surface area contributed by atoms with E-state index >= 15 is 0 Å². The van der Waals surface area contributed by atoms with Crippen molar-refractivity contribution in [3.05, 3.63) is 46.1 Å². The molecule has 10 heteroatoms. The fourth-order valence-electron chi connectivity index (χ4n) is 3.70. The van der Waals surface area contributed by atoms with Gasteiger partial charge in [0.05, 0.1) is 29.3 Å². The van der Waals surface area contributed by atoms with E-state index in [4.69, 9.17) is 0 Å². The smallest absolute Gasteiger partial charge is 0.276 e. The van der Waals surface area contributed by atoms with Crippen molar-refractivity contribution in [1.29, 1.82) is 0 Å². The van der Waals surface area contributed by atoms with E-state index in [9.17, 15) is 18.4 Å². The minimum Gasteiger partial charge on any atom is -0.337 e. The molecule has 0 bridgehead atoms. The molecule has 1 saturated heterocycles. The van der Waals surface area contributed by atoms with Crippen LogP contribution in [0.5, 0.6) is 0 Å². The summed E-state index contributed by atoms with van der Waals surface area (Å²) in [6.07, 6.45) is 3.01. The molecule has 3 aromatic heterocycles. The Balaban J connectivity index is 1.47. The van der Waals surface area contributed by atoms with Crippen molar-refractivity contribution in [3.63, 3.8) is 0 Å². The van der Waals surface area contributed by atoms with Gasteiger partial charge in [0.1, 0.15) is 5.52 Å². The number of H-pyrrole nitrogens is 1. The normalized spacial score (nSPS) is 23.4. The lowest BCUT2D eigenvalue weighted by molar-refractivity contribution is 0.0458. The third kappa shape index (κ3) is 1.92. The molecule has 1 N–H and O–H groups in total. The van der Waals surface area contributed by atoms with E-state index < -0.39 is 17.8 Å². The van der Waals surface area contributed by atoms with Crippen LogP contribution < -0.4 is 5.56 Å². The first-order valence-electron chi connectivity index (χ1n) is 8.17. The van der Waals surface area contributed by atoms with Crippen molar-refractivity contribution in [1.82, 2.24) is 29.3 Å². The van der Waals surface area contributed by atoms with Crippen LogP contribution in [-0.4, -0.2) is 54.2 Å². The van der Waals surface area contributed by atoms with Gasteiger partial charge >= 0.3 is 0 Å². The molecule has 1 aliphatic carbocycles. The standard InChI is InChI=1S/C16H14F2N6O2/c1-8-9(14(26)22-6-10-11(7-22)16(10,17)18)5-19-24(8)15-20-13(25)12-3-2-4-23(12)21-15/h2-5,10-11H,6-7H2,1H3,(H,20,21,25). The summed E-state index contributed by atoms with van der Waals surface area (Å²) >= 11 is 0. The topological polar surface area (TPSA) is 88.3 Å². The monoisotopic (exact) mass is 360 g/mol. The number of piperidine rings is 1. The summed E-state index contributed by atoms with van der Waals surface area (Å²) in [7, 11) is 0. The second kappa shape index (κ2) is 4.77. The minimum absolute atomic E-state index is 0.0610. The molecule has 2 unspecified atom stereocenters. The largest absolute Gasteiger partial charge is 0.337 e. The van der Waals surface area contributed by atoms with Gasteiger partial charge in [-0.25, -0.2) is 18.0 Å². The molecule has 3 aromatic rings. The predicted octanol–water partition coefficient (Wildman–Crippen LogP) is 0.854. The fourth-order valence-corrected chi connectivity index (χ4v) is 3.70. The molecule has 2 atom stereocenters. The summed E-state index contributed by atoms with van der Waals surface area (Å²) in [5.74, 6) is -4.25. The molecule has 26 heavy (non-hydrogen) atoms. The molecular formula is C16H14F2N6O2. The molecule has 4 heterocycles. The number of rotatable bonds is 2. The van der Waals surface area contributed by atoms with Gasteiger partial charge in [-0.15, -0.1) is 5.10 Å². The van der Waals surface area contributed by atoms with E-state index in [1.165, 1.54) is 20.3 Å². The summed E-state index contributed by atoms with van der Waals surface area (Å²) in [6, 6.07) is 3.33. The van der Waals surface area contributed by atoms with Crippen molar-refractivity contribution in [2.24, 2.45) is 11.8 Å². The lowest BCUT2D eigenvalue weighted by atomic mass is 10.2. The van der Waals surface area contributed by atoms with E-state index in [2.05, 4.69) is 15.2 Å². The highest BCUT2D eigenvalue weighted by molar-refractivity contribution is 5.95. The average Bonchev–Trinajstić information content (AvgIpc) is 3.15. The van der Waals surface area contributed by atoms with Crippen LogP contribution in [0.2, 0.25) is 0 Å². The predicted molar refractivity (Wildman–Crippen MR) is 85.5 cm³/mol. The van der Waals surface area contributed by atoms with Gasteiger partial charge < -0.3 is 4.90 Å². The molecule has 1 aliphatic heterocycles. The van der Waals surface area contributed by atoms with Crippen LogP contribution in [-0.2, 0) is 0 Å². The second-order valence-corrected chi connectivity index (χ2v) is 6.77. The summed E-state index contributed by atoms with van der Waals surface area (Å²) in [6.45, 7) is 1.79. The van der Waals surface area contributed by atoms with Gasteiger partial charge in [0.15, 0.2) is 0 Å². The number of halogens is 2. The molecule has 0 spiro atoms. The summed E-state index contributed by atoms with van der Waals surface area (Å²) in [5, 5.41) is 8.42. The van der Waals surface area contributed by atoms with Gasteiger partial charge in [-0.05, 0) is 19.1 Å². The van der Waals surface area contributed by atoms with Gasteiger partial charge in [-0.3, -0.25) is 14.6 Å². The summed E-state index contributed by atoms with van der Waals surface area (Å²) in [5.41, 5.74) is 0.860. The Morgan fingerprint density at radius 1 is 1.35 bits per heavy atom. The number of hydrogen-bond donors (Lipinski definition) is 1. The maximum atomic E-state index is 13.3. The molecule has 1 saturated carbocycles. The van der Waals surface area contributed by atoms with E-state index in [1.54, 1.807) is 25.3 Å². The number of carbonyl (C=O) groups is 1. The summed E-state index contributed by atoms with van der Waals surface area (Å²) in [4.78, 5) is 28.8. The molecule has 0 radical (unpaired) electrons. The molecular weight excluding hydrogens is 346 g/mol. The number of fused-ring (bicyclic) bond motifs is 2. The van der Waals surface area contributed by atoms with Crippen LogP contribution in [0.15, 0.2) is 29.3 Å². The third-order valence-electron chi connectivity index (χ3n) is 5.32. The highest BCUT2D eigenvalue weighted by Gasteiger charge is 2.72. The SMILES string of the molecule is Cc1c(C(=O)N2CC3C(C2)C3(F)F)cnn1-c1nn2cccc2c(=O)[nH]1. The fraction of sp³-hybridized carbons (Fsp3) is 0.375. The zero-order chi connectivity index (χ0) is 18.2. The Morgan fingerprint density at radius 2 is 2.08 bits per heavy atom. The van der Waals surface area contributed by atoms with Crippen LogP contribution in [0.4, 0.5) is 8.78 Å². The van der Waals surface area contributed by atoms with Crippen molar-refractivity contribution in [2.45, 2.75) is 12.8 Å². The number of aromatic amines is 1. The molecule has 0 aromatic carbocycles. The zero-order valence-corrected chi connectivity index (χ0v) is 13.7. The number of amides is 1. The van der Waals surface area contributed by atoms with Crippen LogP contribution >= 0.6 is 0 Å². The number of aromatic nitrogens is 5.